The maximum atomic E-state index is 12.5. The van der Waals surface area contributed by atoms with Crippen molar-refractivity contribution in [1.29, 1.82) is 5.26 Å². The Balaban J connectivity index is 2.51. The van der Waals surface area contributed by atoms with E-state index in [1.807, 2.05) is 4.90 Å². The van der Waals surface area contributed by atoms with Crippen LogP contribution in [0.2, 0.25) is 0 Å². The molecule has 17 heavy (non-hydrogen) atoms. The predicted molar refractivity (Wildman–Crippen MR) is 59.2 cm³/mol. The second-order valence-electron chi connectivity index (χ2n) is 5.13. The largest absolute Gasteiger partial charge is 0.405 e. The van der Waals surface area contributed by atoms with Crippen molar-refractivity contribution >= 4 is 0 Å². The Bertz CT molecular complexity index is 276. The van der Waals surface area contributed by atoms with E-state index in [2.05, 4.69) is 13.8 Å². The van der Waals surface area contributed by atoms with E-state index in [1.165, 1.54) is 6.07 Å². The van der Waals surface area contributed by atoms with Crippen molar-refractivity contribution in [3.8, 4) is 6.07 Å². The third kappa shape index (κ3) is 4.95. The fourth-order valence-electron chi connectivity index (χ4n) is 1.74. The van der Waals surface area contributed by atoms with E-state index in [4.69, 9.17) is 5.26 Å². The minimum Gasteiger partial charge on any atom is -0.299 e. The molecule has 0 N–H and O–H groups in total. The molecule has 1 aliphatic carbocycles. The highest BCUT2D eigenvalue weighted by Crippen LogP contribution is 2.32. The number of alkyl halides is 3. The van der Waals surface area contributed by atoms with Crippen molar-refractivity contribution < 1.29 is 13.2 Å². The normalized spacial score (nSPS) is 18.5. The number of nitrogens with zero attached hydrogens (tertiary/aromatic N) is 2. The molecule has 1 rings (SSSR count). The Labute approximate surface area is 100 Å². The first-order valence-corrected chi connectivity index (χ1v) is 6.05. The van der Waals surface area contributed by atoms with Gasteiger partial charge < -0.3 is 0 Å². The monoisotopic (exact) mass is 248 g/mol. The van der Waals surface area contributed by atoms with Gasteiger partial charge in [-0.2, -0.15) is 18.4 Å². The molecule has 0 saturated heterocycles. The van der Waals surface area contributed by atoms with Gasteiger partial charge in [-0.1, -0.05) is 13.8 Å². The summed E-state index contributed by atoms with van der Waals surface area (Å²) in [7, 11) is 0. The fraction of sp³-hybridized carbons (Fsp3) is 0.917. The van der Waals surface area contributed by atoms with Crippen LogP contribution < -0.4 is 0 Å². The summed E-state index contributed by atoms with van der Waals surface area (Å²) >= 11 is 0. The third-order valence-electron chi connectivity index (χ3n) is 3.02. The zero-order valence-corrected chi connectivity index (χ0v) is 10.3. The lowest BCUT2D eigenvalue weighted by atomic mass is 10.1. The minimum atomic E-state index is -4.40. The van der Waals surface area contributed by atoms with E-state index in [1.54, 1.807) is 0 Å². The van der Waals surface area contributed by atoms with Gasteiger partial charge in [-0.25, -0.2) is 0 Å². The van der Waals surface area contributed by atoms with Crippen molar-refractivity contribution in [3.05, 3.63) is 0 Å². The Morgan fingerprint density at radius 2 is 1.94 bits per heavy atom. The molecule has 0 bridgehead atoms. The zero-order chi connectivity index (χ0) is 13.1. The molecule has 2 nitrogen and oxygen atoms in total. The SMILES string of the molecule is CC(C)CCN(CC(C#N)C(F)(F)F)C1CC1. The van der Waals surface area contributed by atoms with E-state index in [0.717, 1.165) is 19.3 Å². The first-order valence-electron chi connectivity index (χ1n) is 6.05. The summed E-state index contributed by atoms with van der Waals surface area (Å²) < 4.78 is 37.5. The van der Waals surface area contributed by atoms with Gasteiger partial charge in [-0.3, -0.25) is 4.90 Å². The van der Waals surface area contributed by atoms with Crippen LogP contribution in [0.15, 0.2) is 0 Å². The quantitative estimate of drug-likeness (QED) is 0.721. The topological polar surface area (TPSA) is 27.0 Å². The number of hydrogen-bond donors (Lipinski definition) is 0. The maximum absolute atomic E-state index is 12.5. The molecular weight excluding hydrogens is 229 g/mol. The van der Waals surface area contributed by atoms with Crippen LogP contribution in [0.25, 0.3) is 0 Å². The molecule has 0 aromatic carbocycles. The van der Waals surface area contributed by atoms with E-state index in [-0.39, 0.29) is 12.6 Å². The fourth-order valence-corrected chi connectivity index (χ4v) is 1.74. The molecule has 1 saturated carbocycles. The number of hydrogen-bond acceptors (Lipinski definition) is 2. The lowest BCUT2D eigenvalue weighted by molar-refractivity contribution is -0.163. The van der Waals surface area contributed by atoms with Crippen LogP contribution in [-0.2, 0) is 0 Å². The van der Waals surface area contributed by atoms with Gasteiger partial charge in [0.1, 0.15) is 0 Å². The molecule has 98 valence electrons. The van der Waals surface area contributed by atoms with E-state index in [9.17, 15) is 13.2 Å². The molecule has 0 aromatic heterocycles. The van der Waals surface area contributed by atoms with Crippen LogP contribution in [0.5, 0.6) is 0 Å². The number of nitriles is 1. The molecule has 0 heterocycles. The lowest BCUT2D eigenvalue weighted by Crippen LogP contribution is -2.38. The molecule has 1 atom stereocenters. The first-order chi connectivity index (χ1) is 7.84. The zero-order valence-electron chi connectivity index (χ0n) is 10.3. The third-order valence-corrected chi connectivity index (χ3v) is 3.02. The van der Waals surface area contributed by atoms with Gasteiger partial charge in [0.2, 0.25) is 0 Å². The molecular formula is C12H19F3N2. The minimum absolute atomic E-state index is 0.169. The summed E-state index contributed by atoms with van der Waals surface area (Å²) in [5.41, 5.74) is 0. The Morgan fingerprint density at radius 3 is 2.29 bits per heavy atom. The van der Waals surface area contributed by atoms with Gasteiger partial charge >= 0.3 is 6.18 Å². The highest BCUT2D eigenvalue weighted by atomic mass is 19.4. The van der Waals surface area contributed by atoms with Gasteiger partial charge in [-0.05, 0) is 31.7 Å². The molecule has 0 radical (unpaired) electrons. The van der Waals surface area contributed by atoms with Crippen LogP contribution in [0.3, 0.4) is 0 Å². The Morgan fingerprint density at radius 1 is 1.35 bits per heavy atom. The first kappa shape index (κ1) is 14.3. The summed E-state index contributed by atoms with van der Waals surface area (Å²) in [6.07, 6.45) is -1.59. The molecule has 0 spiro atoms. The molecule has 5 heteroatoms. The number of halogens is 3. The van der Waals surface area contributed by atoms with E-state index < -0.39 is 12.1 Å². The predicted octanol–water partition coefficient (Wildman–Crippen LogP) is 3.20. The summed E-state index contributed by atoms with van der Waals surface area (Å²) in [6, 6.07) is 1.65. The van der Waals surface area contributed by atoms with E-state index in [0.29, 0.717) is 12.5 Å². The van der Waals surface area contributed by atoms with Crippen molar-refractivity contribution in [2.24, 2.45) is 11.8 Å². The van der Waals surface area contributed by atoms with Gasteiger partial charge in [0.25, 0.3) is 0 Å². The van der Waals surface area contributed by atoms with Crippen molar-refractivity contribution in [2.75, 3.05) is 13.1 Å². The highest BCUT2D eigenvalue weighted by molar-refractivity contribution is 4.94. The van der Waals surface area contributed by atoms with Gasteiger partial charge in [-0.15, -0.1) is 0 Å². The maximum Gasteiger partial charge on any atom is 0.405 e. The van der Waals surface area contributed by atoms with Crippen molar-refractivity contribution in [2.45, 2.75) is 45.3 Å². The average Bonchev–Trinajstić information content (AvgIpc) is 2.99. The number of rotatable bonds is 6. The molecule has 0 amide bonds. The van der Waals surface area contributed by atoms with E-state index >= 15 is 0 Å². The molecule has 0 aliphatic heterocycles. The van der Waals surface area contributed by atoms with Gasteiger partial charge in [0, 0.05) is 12.6 Å². The lowest BCUT2D eigenvalue weighted by Gasteiger charge is -2.26. The highest BCUT2D eigenvalue weighted by Gasteiger charge is 2.42. The standard InChI is InChI=1S/C12H19F3N2/c1-9(2)5-6-17(11-3-4-11)8-10(7-16)12(13,14)15/h9-11H,3-6,8H2,1-2H3. The van der Waals surface area contributed by atoms with Gasteiger partial charge in [0.05, 0.1) is 6.07 Å². The summed E-state index contributed by atoms with van der Waals surface area (Å²) in [4.78, 5) is 1.83. The second kappa shape index (κ2) is 5.72. The summed E-state index contributed by atoms with van der Waals surface area (Å²) in [5.74, 6) is -1.38. The van der Waals surface area contributed by atoms with Crippen LogP contribution >= 0.6 is 0 Å². The van der Waals surface area contributed by atoms with Gasteiger partial charge in [0.15, 0.2) is 5.92 Å². The summed E-state index contributed by atoms with van der Waals surface area (Å²) in [6.45, 7) is 4.60. The van der Waals surface area contributed by atoms with Crippen LogP contribution in [0.1, 0.15) is 33.1 Å². The Kier molecular flexibility index (Phi) is 4.81. The van der Waals surface area contributed by atoms with Crippen LogP contribution in [0.4, 0.5) is 13.2 Å². The summed E-state index contributed by atoms with van der Waals surface area (Å²) in [5, 5.41) is 8.59. The van der Waals surface area contributed by atoms with Crippen LogP contribution in [0, 0.1) is 23.2 Å². The smallest absolute Gasteiger partial charge is 0.299 e. The van der Waals surface area contributed by atoms with Crippen molar-refractivity contribution in [3.63, 3.8) is 0 Å². The average molecular weight is 248 g/mol. The van der Waals surface area contributed by atoms with Crippen LogP contribution in [-0.4, -0.2) is 30.2 Å². The second-order valence-corrected chi connectivity index (χ2v) is 5.13. The molecule has 1 fully saturated rings. The molecule has 0 aromatic rings. The van der Waals surface area contributed by atoms with Crippen molar-refractivity contribution in [1.82, 2.24) is 4.90 Å². The Hall–Kier alpha value is -0.760. The molecule has 1 unspecified atom stereocenters. The molecule has 1 aliphatic rings.